The molecule has 1 aliphatic heterocycles. The van der Waals surface area contributed by atoms with Crippen molar-refractivity contribution in [3.8, 4) is 5.75 Å². The Balaban J connectivity index is 1.68. The molecule has 2 unspecified atom stereocenters. The molecule has 29 heavy (non-hydrogen) atoms. The molecule has 1 aliphatic rings. The first-order valence-corrected chi connectivity index (χ1v) is 9.31. The summed E-state index contributed by atoms with van der Waals surface area (Å²) in [5.41, 5.74) is 1.16. The van der Waals surface area contributed by atoms with Gasteiger partial charge in [0.15, 0.2) is 0 Å². The molecule has 154 valence electrons. The van der Waals surface area contributed by atoms with Gasteiger partial charge in [-0.2, -0.15) is 0 Å². The predicted molar refractivity (Wildman–Crippen MR) is 101 cm³/mol. The molecule has 0 saturated carbocycles. The van der Waals surface area contributed by atoms with Gasteiger partial charge in [-0.1, -0.05) is 43.3 Å². The van der Waals surface area contributed by atoms with Crippen LogP contribution in [0.5, 0.6) is 5.75 Å². The lowest BCUT2D eigenvalue weighted by Gasteiger charge is -2.20. The first-order chi connectivity index (χ1) is 13.8. The molecule has 1 saturated heterocycles. The fraction of sp³-hybridized carbons (Fsp3) is 0.333. The average molecular weight is 406 g/mol. The van der Waals surface area contributed by atoms with E-state index in [1.54, 1.807) is 0 Å². The summed E-state index contributed by atoms with van der Waals surface area (Å²) in [6, 6.07) is 13.8. The van der Waals surface area contributed by atoms with Gasteiger partial charge in [0, 0.05) is 18.3 Å². The summed E-state index contributed by atoms with van der Waals surface area (Å²) < 4.78 is 41.2. The molecule has 0 radical (unpaired) electrons. The number of amides is 2. The largest absolute Gasteiger partial charge is 0.573 e. The molecule has 2 atom stereocenters. The lowest BCUT2D eigenvalue weighted by atomic mass is 9.95. The number of anilines is 1. The second-order valence-corrected chi connectivity index (χ2v) is 6.76. The van der Waals surface area contributed by atoms with E-state index in [-0.39, 0.29) is 17.7 Å². The lowest BCUT2D eigenvalue weighted by Crippen LogP contribution is -2.43. The van der Waals surface area contributed by atoms with Crippen LogP contribution in [0, 0.1) is 0 Å². The van der Waals surface area contributed by atoms with Crippen LogP contribution in [0.15, 0.2) is 54.6 Å². The van der Waals surface area contributed by atoms with Crippen LogP contribution in [0.1, 0.15) is 31.2 Å². The number of hydrogen-bond acceptors (Lipinski definition) is 3. The second kappa shape index (κ2) is 8.55. The van der Waals surface area contributed by atoms with E-state index in [1.807, 2.05) is 37.3 Å². The minimum Gasteiger partial charge on any atom is -0.406 e. The molecule has 1 fully saturated rings. The fourth-order valence-electron chi connectivity index (χ4n) is 3.45. The summed E-state index contributed by atoms with van der Waals surface area (Å²) in [5.74, 6) is -1.37. The maximum absolute atomic E-state index is 12.7. The van der Waals surface area contributed by atoms with E-state index in [4.69, 9.17) is 0 Å². The minimum absolute atomic E-state index is 0.243. The third-order valence-corrected chi connectivity index (χ3v) is 4.81. The zero-order chi connectivity index (χ0) is 21.0. The molecular weight excluding hydrogens is 385 g/mol. The predicted octanol–water partition coefficient (Wildman–Crippen LogP) is 4.00. The average Bonchev–Trinajstić information content (AvgIpc) is 3.02. The smallest absolute Gasteiger partial charge is 0.406 e. The van der Waals surface area contributed by atoms with Crippen LogP contribution in [-0.4, -0.2) is 30.8 Å². The Morgan fingerprint density at radius 3 is 2.59 bits per heavy atom. The van der Waals surface area contributed by atoms with E-state index >= 15 is 0 Å². The van der Waals surface area contributed by atoms with Crippen LogP contribution in [-0.2, 0) is 9.59 Å². The van der Waals surface area contributed by atoms with Gasteiger partial charge in [0.2, 0.25) is 11.8 Å². The fourth-order valence-corrected chi connectivity index (χ4v) is 3.45. The van der Waals surface area contributed by atoms with E-state index in [0.29, 0.717) is 25.1 Å². The van der Waals surface area contributed by atoms with Gasteiger partial charge in [-0.3, -0.25) is 9.59 Å². The highest BCUT2D eigenvalue weighted by molar-refractivity contribution is 6.02. The monoisotopic (exact) mass is 406 g/mol. The number of ether oxygens (including phenoxy) is 1. The van der Waals surface area contributed by atoms with Gasteiger partial charge in [0.05, 0.1) is 5.92 Å². The van der Waals surface area contributed by atoms with Gasteiger partial charge in [-0.15, -0.1) is 13.2 Å². The number of carbonyl (C=O) groups excluding carboxylic acids is 2. The topological polar surface area (TPSA) is 58.6 Å². The van der Waals surface area contributed by atoms with Crippen molar-refractivity contribution in [3.05, 3.63) is 60.2 Å². The van der Waals surface area contributed by atoms with Crippen LogP contribution in [0.25, 0.3) is 0 Å². The van der Waals surface area contributed by atoms with E-state index in [0.717, 1.165) is 11.6 Å². The molecule has 2 aromatic rings. The quantitative estimate of drug-likeness (QED) is 0.789. The van der Waals surface area contributed by atoms with Crippen molar-refractivity contribution < 1.29 is 27.5 Å². The number of alkyl halides is 3. The van der Waals surface area contributed by atoms with Gasteiger partial charge in [0.25, 0.3) is 0 Å². The number of halogens is 3. The molecule has 2 aromatic carbocycles. The number of carbonyl (C=O) groups is 2. The summed E-state index contributed by atoms with van der Waals surface area (Å²) in [6.07, 6.45) is -3.85. The van der Waals surface area contributed by atoms with Crippen LogP contribution >= 0.6 is 0 Å². The van der Waals surface area contributed by atoms with Crippen molar-refractivity contribution in [1.82, 2.24) is 5.32 Å². The Hall–Kier alpha value is -3.03. The minimum atomic E-state index is -4.81. The van der Waals surface area contributed by atoms with Crippen LogP contribution in [0.2, 0.25) is 0 Å². The maximum Gasteiger partial charge on any atom is 0.573 e. The number of nitrogens with zero attached hydrogens (tertiary/aromatic N) is 1. The van der Waals surface area contributed by atoms with E-state index < -0.39 is 18.2 Å². The highest BCUT2D eigenvalue weighted by Gasteiger charge is 2.36. The van der Waals surface area contributed by atoms with Crippen molar-refractivity contribution in [1.29, 1.82) is 0 Å². The Kier molecular flexibility index (Phi) is 6.10. The molecule has 0 aromatic heterocycles. The molecule has 1 N–H and O–H groups in total. The van der Waals surface area contributed by atoms with Crippen molar-refractivity contribution in [2.24, 2.45) is 0 Å². The van der Waals surface area contributed by atoms with Gasteiger partial charge in [-0.05, 0) is 30.5 Å². The molecule has 1 heterocycles. The molecule has 0 spiro atoms. The molecule has 0 aliphatic carbocycles. The third-order valence-electron chi connectivity index (χ3n) is 4.81. The van der Waals surface area contributed by atoms with Crippen molar-refractivity contribution in [3.63, 3.8) is 0 Å². The van der Waals surface area contributed by atoms with E-state index in [2.05, 4.69) is 10.1 Å². The lowest BCUT2D eigenvalue weighted by molar-refractivity contribution is -0.274. The summed E-state index contributed by atoms with van der Waals surface area (Å²) in [5, 5.41) is 2.79. The van der Waals surface area contributed by atoms with Crippen molar-refractivity contribution >= 4 is 17.5 Å². The van der Waals surface area contributed by atoms with E-state index in [9.17, 15) is 22.8 Å². The van der Waals surface area contributed by atoms with Crippen LogP contribution in [0.3, 0.4) is 0 Å². The Labute approximate surface area is 166 Å². The molecule has 5 nitrogen and oxygen atoms in total. The zero-order valence-corrected chi connectivity index (χ0v) is 15.8. The first-order valence-electron chi connectivity index (χ1n) is 9.31. The standard InChI is InChI=1S/C21H21F3N2O3/c1-2-17(14-7-4-3-5-8-14)19(27)25-18-11-12-26(20(18)28)15-9-6-10-16(13-15)29-21(22,23)24/h3-10,13,17-18H,2,11-12H2,1H3,(H,25,27). The molecule has 3 rings (SSSR count). The molecular formula is C21H21F3N2O3. The third kappa shape index (κ3) is 5.07. The molecule has 0 bridgehead atoms. The molecule has 8 heteroatoms. The van der Waals surface area contributed by atoms with E-state index in [1.165, 1.54) is 23.1 Å². The molecule has 2 amide bonds. The maximum atomic E-state index is 12.7. The number of rotatable bonds is 6. The zero-order valence-electron chi connectivity index (χ0n) is 15.8. The SMILES string of the molecule is CCC(C(=O)NC1CCN(c2cccc(OC(F)(F)F)c2)C1=O)c1ccccc1. The summed E-state index contributed by atoms with van der Waals surface area (Å²) in [7, 11) is 0. The summed E-state index contributed by atoms with van der Waals surface area (Å²) in [6.45, 7) is 2.19. The van der Waals surface area contributed by atoms with Gasteiger partial charge >= 0.3 is 6.36 Å². The highest BCUT2D eigenvalue weighted by atomic mass is 19.4. The first kappa shape index (κ1) is 20.7. The van der Waals surface area contributed by atoms with Gasteiger partial charge in [0.1, 0.15) is 11.8 Å². The number of hydrogen-bond donors (Lipinski definition) is 1. The van der Waals surface area contributed by atoms with Crippen LogP contribution in [0.4, 0.5) is 18.9 Å². The van der Waals surface area contributed by atoms with Crippen LogP contribution < -0.4 is 15.0 Å². The number of benzene rings is 2. The Morgan fingerprint density at radius 1 is 1.21 bits per heavy atom. The van der Waals surface area contributed by atoms with Crippen molar-refractivity contribution in [2.45, 2.75) is 38.1 Å². The van der Waals surface area contributed by atoms with Gasteiger partial charge < -0.3 is 15.0 Å². The Bertz CT molecular complexity index is 871. The number of nitrogens with one attached hydrogen (secondary N) is 1. The summed E-state index contributed by atoms with van der Waals surface area (Å²) >= 11 is 0. The van der Waals surface area contributed by atoms with Gasteiger partial charge in [-0.25, -0.2) is 0 Å². The summed E-state index contributed by atoms with van der Waals surface area (Å²) in [4.78, 5) is 26.8. The highest BCUT2D eigenvalue weighted by Crippen LogP contribution is 2.29. The Morgan fingerprint density at radius 2 is 1.93 bits per heavy atom. The second-order valence-electron chi connectivity index (χ2n) is 6.76. The van der Waals surface area contributed by atoms with Crippen molar-refractivity contribution in [2.75, 3.05) is 11.4 Å². The normalized spacial score (nSPS) is 17.9.